The number of ether oxygens (including phenoxy) is 2. The third kappa shape index (κ3) is 3.70. The van der Waals surface area contributed by atoms with Gasteiger partial charge in [0, 0.05) is 22.9 Å². The third-order valence-corrected chi connectivity index (χ3v) is 6.35. The van der Waals surface area contributed by atoms with Crippen molar-refractivity contribution in [2.24, 2.45) is 0 Å². The van der Waals surface area contributed by atoms with E-state index in [1.54, 1.807) is 6.07 Å². The molecule has 0 saturated heterocycles. The molecule has 1 aromatic heterocycles. The maximum absolute atomic E-state index is 13.5. The highest BCUT2D eigenvalue weighted by atomic mass is 35.5. The van der Waals surface area contributed by atoms with E-state index in [0.29, 0.717) is 46.5 Å². The van der Waals surface area contributed by atoms with Gasteiger partial charge in [0.1, 0.15) is 23.0 Å². The van der Waals surface area contributed by atoms with Gasteiger partial charge >= 0.3 is 0 Å². The average Bonchev–Trinajstić information content (AvgIpc) is 3.17. The summed E-state index contributed by atoms with van der Waals surface area (Å²) in [5, 5.41) is 19.6. The minimum atomic E-state index is -0.670. The molecule has 10 heteroatoms. The van der Waals surface area contributed by atoms with Crippen molar-refractivity contribution < 1.29 is 18.8 Å². The molecule has 0 spiro atoms. The molecule has 1 heterocycles. The Hall–Kier alpha value is -2.84. The molecule has 3 aromatic rings. The zero-order valence-corrected chi connectivity index (χ0v) is 18.2. The Kier molecular flexibility index (Phi) is 5.77. The Morgan fingerprint density at radius 1 is 1.19 bits per heavy atom. The lowest BCUT2D eigenvalue weighted by Gasteiger charge is -2.26. The highest BCUT2D eigenvalue weighted by molar-refractivity contribution is 6.38. The van der Waals surface area contributed by atoms with Gasteiger partial charge in [-0.3, -0.25) is 15.2 Å². The topological polar surface area (TPSA) is 90.3 Å². The van der Waals surface area contributed by atoms with Crippen LogP contribution in [0.3, 0.4) is 0 Å². The smallest absolute Gasteiger partial charge is 0.281 e. The molecule has 0 aliphatic heterocycles. The molecule has 0 amide bonds. The first-order valence-corrected chi connectivity index (χ1v) is 10.2. The summed E-state index contributed by atoms with van der Waals surface area (Å²) in [5.74, 6) is 0.232. The molecule has 1 N–H and O–H groups in total. The van der Waals surface area contributed by atoms with Crippen molar-refractivity contribution in [2.75, 3.05) is 14.2 Å². The summed E-state index contributed by atoms with van der Waals surface area (Å²) in [6.07, 6.45) is 1.82. The Morgan fingerprint density at radius 3 is 2.48 bits per heavy atom. The molecule has 0 saturated carbocycles. The molecule has 4 rings (SSSR count). The van der Waals surface area contributed by atoms with Crippen LogP contribution in [0.5, 0.6) is 11.5 Å². The van der Waals surface area contributed by atoms with Crippen LogP contribution >= 0.6 is 23.2 Å². The number of hydrogen-bond donors (Lipinski definition) is 1. The van der Waals surface area contributed by atoms with Crippen molar-refractivity contribution in [1.82, 2.24) is 10.2 Å². The van der Waals surface area contributed by atoms with Gasteiger partial charge in [-0.2, -0.15) is 5.10 Å². The number of hydrogen-bond acceptors (Lipinski definition) is 5. The maximum Gasteiger partial charge on any atom is 0.281 e. The molecule has 0 radical (unpaired) electrons. The summed E-state index contributed by atoms with van der Waals surface area (Å²) in [4.78, 5) is 10.8. The van der Waals surface area contributed by atoms with Gasteiger partial charge in [-0.1, -0.05) is 23.2 Å². The SMILES string of the molecule is COc1cc(OC)c(Cl)c(C2CCc3c(-c4ccc(F)cc4[N+](=O)[O-])n[nH]c3C2)c1Cl. The summed E-state index contributed by atoms with van der Waals surface area (Å²) >= 11 is 13.1. The van der Waals surface area contributed by atoms with E-state index in [9.17, 15) is 14.5 Å². The quantitative estimate of drug-likeness (QED) is 0.384. The van der Waals surface area contributed by atoms with E-state index >= 15 is 0 Å². The van der Waals surface area contributed by atoms with Crippen LogP contribution in [-0.4, -0.2) is 29.3 Å². The highest BCUT2D eigenvalue weighted by Crippen LogP contribution is 2.48. The standard InChI is InChI=1S/C21H18Cl2FN3O4/c1-30-16-9-17(31-2)20(23)18(19(16)22)10-3-5-12-14(7-10)25-26-21(12)13-6-4-11(24)8-15(13)27(28)29/h4,6,8-10H,3,5,7H2,1-2H3,(H,25,26). The number of halogens is 3. The van der Waals surface area contributed by atoms with Gasteiger partial charge in [0.2, 0.25) is 0 Å². The van der Waals surface area contributed by atoms with Crippen LogP contribution in [0.15, 0.2) is 24.3 Å². The fourth-order valence-electron chi connectivity index (χ4n) is 4.09. The van der Waals surface area contributed by atoms with E-state index in [1.807, 2.05) is 0 Å². The summed E-state index contributed by atoms with van der Waals surface area (Å²) < 4.78 is 24.3. The largest absolute Gasteiger partial charge is 0.495 e. The second-order valence-electron chi connectivity index (χ2n) is 7.21. The first kappa shape index (κ1) is 21.4. The second kappa shape index (κ2) is 8.36. The Bertz CT molecular complexity index is 1150. The molecule has 1 aliphatic carbocycles. The number of methoxy groups -OCH3 is 2. The fraction of sp³-hybridized carbons (Fsp3) is 0.286. The Balaban J connectivity index is 1.74. The van der Waals surface area contributed by atoms with E-state index in [0.717, 1.165) is 22.9 Å². The average molecular weight is 466 g/mol. The van der Waals surface area contributed by atoms with Crippen LogP contribution < -0.4 is 9.47 Å². The number of nitro benzene ring substituents is 1. The number of nitrogens with zero attached hydrogens (tertiary/aromatic N) is 2. The number of fused-ring (bicyclic) bond motifs is 1. The molecule has 1 unspecified atom stereocenters. The lowest BCUT2D eigenvalue weighted by Crippen LogP contribution is -2.14. The molecular formula is C21H18Cl2FN3O4. The van der Waals surface area contributed by atoms with Crippen molar-refractivity contribution in [3.63, 3.8) is 0 Å². The first-order valence-electron chi connectivity index (χ1n) is 9.46. The molecular weight excluding hydrogens is 448 g/mol. The predicted molar refractivity (Wildman–Crippen MR) is 115 cm³/mol. The van der Waals surface area contributed by atoms with Crippen LogP contribution in [0.25, 0.3) is 11.3 Å². The van der Waals surface area contributed by atoms with Crippen LogP contribution in [0.4, 0.5) is 10.1 Å². The van der Waals surface area contributed by atoms with E-state index in [1.165, 1.54) is 26.4 Å². The number of aromatic nitrogens is 2. The third-order valence-electron chi connectivity index (χ3n) is 5.57. The number of aromatic amines is 1. The van der Waals surface area contributed by atoms with Crippen LogP contribution in [0, 0.1) is 15.9 Å². The Labute approximate surface area is 187 Å². The minimum absolute atomic E-state index is 0.0343. The highest BCUT2D eigenvalue weighted by Gasteiger charge is 2.31. The van der Waals surface area contributed by atoms with Gasteiger partial charge < -0.3 is 9.47 Å². The summed E-state index contributed by atoms with van der Waals surface area (Å²) in [7, 11) is 3.04. The lowest BCUT2D eigenvalue weighted by molar-refractivity contribution is -0.384. The van der Waals surface area contributed by atoms with Crippen molar-refractivity contribution in [2.45, 2.75) is 25.2 Å². The number of rotatable bonds is 5. The van der Waals surface area contributed by atoms with E-state index in [4.69, 9.17) is 32.7 Å². The van der Waals surface area contributed by atoms with Gasteiger partial charge in [0.05, 0.1) is 40.8 Å². The normalized spacial score (nSPS) is 15.5. The lowest BCUT2D eigenvalue weighted by atomic mass is 9.81. The second-order valence-corrected chi connectivity index (χ2v) is 7.97. The van der Waals surface area contributed by atoms with Crippen molar-refractivity contribution >= 4 is 28.9 Å². The number of nitro groups is 1. The summed E-state index contributed by atoms with van der Waals surface area (Å²) in [6.45, 7) is 0. The molecule has 7 nitrogen and oxygen atoms in total. The molecule has 2 aromatic carbocycles. The molecule has 162 valence electrons. The van der Waals surface area contributed by atoms with E-state index in [-0.39, 0.29) is 17.2 Å². The van der Waals surface area contributed by atoms with Crippen molar-refractivity contribution in [3.05, 3.63) is 67.1 Å². The van der Waals surface area contributed by atoms with Gasteiger partial charge in [0.15, 0.2) is 0 Å². The zero-order valence-electron chi connectivity index (χ0n) is 16.7. The number of H-pyrrole nitrogens is 1. The maximum atomic E-state index is 13.5. The first-order chi connectivity index (χ1) is 14.8. The molecule has 1 aliphatic rings. The van der Waals surface area contributed by atoms with Crippen LogP contribution in [0.1, 0.15) is 29.2 Å². The van der Waals surface area contributed by atoms with Crippen LogP contribution in [-0.2, 0) is 12.8 Å². The molecule has 31 heavy (non-hydrogen) atoms. The Morgan fingerprint density at radius 2 is 1.87 bits per heavy atom. The monoisotopic (exact) mass is 465 g/mol. The van der Waals surface area contributed by atoms with Gasteiger partial charge in [0.25, 0.3) is 5.69 Å². The summed E-state index contributed by atoms with van der Waals surface area (Å²) in [6, 6.07) is 5.13. The molecule has 0 bridgehead atoms. The minimum Gasteiger partial charge on any atom is -0.495 e. The van der Waals surface area contributed by atoms with E-state index < -0.39 is 10.7 Å². The number of nitrogens with one attached hydrogen (secondary N) is 1. The summed E-state index contributed by atoms with van der Waals surface area (Å²) in [5.41, 5.74) is 2.85. The predicted octanol–water partition coefficient (Wildman–Crippen LogP) is 5.72. The van der Waals surface area contributed by atoms with Gasteiger partial charge in [-0.25, -0.2) is 4.39 Å². The molecule has 0 fully saturated rings. The van der Waals surface area contributed by atoms with E-state index in [2.05, 4.69) is 10.2 Å². The zero-order chi connectivity index (χ0) is 22.3. The van der Waals surface area contributed by atoms with Crippen LogP contribution in [0.2, 0.25) is 10.0 Å². The van der Waals surface area contributed by atoms with Gasteiger partial charge in [-0.15, -0.1) is 0 Å². The van der Waals surface area contributed by atoms with Crippen molar-refractivity contribution in [1.29, 1.82) is 0 Å². The fourth-order valence-corrected chi connectivity index (χ4v) is 4.90. The molecule has 1 atom stereocenters. The number of benzene rings is 2. The van der Waals surface area contributed by atoms with Gasteiger partial charge in [-0.05, 0) is 37.3 Å². The van der Waals surface area contributed by atoms with Crippen molar-refractivity contribution in [3.8, 4) is 22.8 Å².